The molecule has 7 heteroatoms. The summed E-state index contributed by atoms with van der Waals surface area (Å²) in [6.45, 7) is 5.58. The van der Waals surface area contributed by atoms with Crippen LogP contribution in [-0.2, 0) is 14.8 Å². The number of amides is 1. The van der Waals surface area contributed by atoms with Gasteiger partial charge in [-0.15, -0.1) is 18.2 Å². The molecule has 0 spiro atoms. The second-order valence-corrected chi connectivity index (χ2v) is 8.30. The van der Waals surface area contributed by atoms with Crippen LogP contribution in [0.5, 0.6) is 0 Å². The standard InChI is InChI=1S/C17H19Cl2NO3S/c1-3-13-11-20(17(21)16(13)15(19)5-4-10-18)24(22,23)14-8-6-12(2)7-9-14/h3,6-9,13H,1,4-5,10-11H2,2H3/b16-15+/t13-/m0/s1. The number of benzene rings is 1. The molecule has 2 rings (SSSR count). The molecule has 0 unspecified atom stereocenters. The molecule has 1 aliphatic rings. The van der Waals surface area contributed by atoms with Crippen molar-refractivity contribution in [2.75, 3.05) is 12.4 Å². The maximum atomic E-state index is 12.8. The highest BCUT2D eigenvalue weighted by Crippen LogP contribution is 2.34. The number of sulfonamides is 1. The molecule has 0 bridgehead atoms. The van der Waals surface area contributed by atoms with Crippen molar-refractivity contribution in [3.8, 4) is 0 Å². The first kappa shape index (κ1) is 19.0. The molecule has 24 heavy (non-hydrogen) atoms. The lowest BCUT2D eigenvalue weighted by Gasteiger charge is -2.16. The van der Waals surface area contributed by atoms with Crippen LogP contribution in [-0.4, -0.2) is 31.1 Å². The molecule has 1 amide bonds. The Morgan fingerprint density at radius 1 is 1.38 bits per heavy atom. The second kappa shape index (κ2) is 7.72. The first-order valence-electron chi connectivity index (χ1n) is 7.53. The SMILES string of the molecule is C=C[C@H]1CN(S(=O)(=O)c2ccc(C)cc2)C(=O)/C1=C(/Cl)CCCCl. The van der Waals surface area contributed by atoms with Crippen LogP contribution < -0.4 is 0 Å². The van der Waals surface area contributed by atoms with Crippen molar-refractivity contribution in [2.45, 2.75) is 24.7 Å². The topological polar surface area (TPSA) is 54.5 Å². The maximum absolute atomic E-state index is 12.8. The highest BCUT2D eigenvalue weighted by atomic mass is 35.5. The van der Waals surface area contributed by atoms with Gasteiger partial charge in [-0.25, -0.2) is 12.7 Å². The lowest BCUT2D eigenvalue weighted by Crippen LogP contribution is -2.32. The molecule has 1 heterocycles. The van der Waals surface area contributed by atoms with Crippen molar-refractivity contribution in [1.29, 1.82) is 0 Å². The lowest BCUT2D eigenvalue weighted by atomic mass is 10.0. The van der Waals surface area contributed by atoms with Gasteiger partial charge in [0.1, 0.15) is 0 Å². The third-order valence-corrected chi connectivity index (χ3v) is 6.33. The molecule has 1 atom stereocenters. The van der Waals surface area contributed by atoms with Crippen LogP contribution in [0.15, 0.2) is 52.4 Å². The van der Waals surface area contributed by atoms with E-state index in [0.29, 0.717) is 29.3 Å². The lowest BCUT2D eigenvalue weighted by molar-refractivity contribution is -0.120. The third-order valence-electron chi connectivity index (χ3n) is 3.91. The van der Waals surface area contributed by atoms with Crippen molar-refractivity contribution in [3.63, 3.8) is 0 Å². The summed E-state index contributed by atoms with van der Waals surface area (Å²) >= 11 is 11.9. The Morgan fingerprint density at radius 3 is 2.54 bits per heavy atom. The number of hydrogen-bond donors (Lipinski definition) is 0. The van der Waals surface area contributed by atoms with Crippen LogP contribution >= 0.6 is 23.2 Å². The first-order chi connectivity index (χ1) is 11.3. The predicted molar refractivity (Wildman–Crippen MR) is 96.6 cm³/mol. The number of halogens is 2. The number of rotatable bonds is 6. The fraction of sp³-hybridized carbons (Fsp3) is 0.353. The fourth-order valence-electron chi connectivity index (χ4n) is 2.56. The van der Waals surface area contributed by atoms with Crippen LogP contribution in [0.1, 0.15) is 18.4 Å². The average molecular weight is 388 g/mol. The molecular weight excluding hydrogens is 369 g/mol. The zero-order valence-electron chi connectivity index (χ0n) is 13.3. The molecule has 0 N–H and O–H groups in total. The van der Waals surface area contributed by atoms with Gasteiger partial charge in [-0.1, -0.05) is 35.4 Å². The van der Waals surface area contributed by atoms with E-state index in [1.807, 2.05) is 6.92 Å². The van der Waals surface area contributed by atoms with E-state index in [9.17, 15) is 13.2 Å². The Balaban J connectivity index is 2.40. The Bertz CT molecular complexity index is 770. The number of nitrogens with zero attached hydrogens (tertiary/aromatic N) is 1. The van der Waals surface area contributed by atoms with E-state index in [2.05, 4.69) is 6.58 Å². The summed E-state index contributed by atoms with van der Waals surface area (Å²) in [5.74, 6) is -0.581. The molecular formula is C17H19Cl2NO3S. The molecule has 1 fully saturated rings. The second-order valence-electron chi connectivity index (χ2n) is 5.61. The molecule has 0 saturated carbocycles. The molecule has 130 valence electrons. The third kappa shape index (κ3) is 3.68. The molecule has 1 aliphatic heterocycles. The van der Waals surface area contributed by atoms with Gasteiger partial charge in [0, 0.05) is 28.9 Å². The van der Waals surface area contributed by atoms with E-state index < -0.39 is 21.8 Å². The van der Waals surface area contributed by atoms with Gasteiger partial charge in [0.15, 0.2) is 0 Å². The zero-order valence-corrected chi connectivity index (χ0v) is 15.7. The van der Waals surface area contributed by atoms with Crippen LogP contribution in [0.4, 0.5) is 0 Å². The molecule has 0 aliphatic carbocycles. The van der Waals surface area contributed by atoms with Gasteiger partial charge in [0.25, 0.3) is 15.9 Å². The molecule has 0 radical (unpaired) electrons. The summed E-state index contributed by atoms with van der Waals surface area (Å²) in [5, 5.41) is 0.354. The van der Waals surface area contributed by atoms with E-state index in [4.69, 9.17) is 23.2 Å². The summed E-state index contributed by atoms with van der Waals surface area (Å²) in [7, 11) is -3.92. The van der Waals surface area contributed by atoms with E-state index in [-0.39, 0.29) is 11.4 Å². The minimum Gasteiger partial charge on any atom is -0.268 e. The Hall–Kier alpha value is -1.30. The normalized spacial score (nSPS) is 20.4. The van der Waals surface area contributed by atoms with Gasteiger partial charge in [-0.2, -0.15) is 0 Å². The van der Waals surface area contributed by atoms with Crippen molar-refractivity contribution in [2.24, 2.45) is 5.92 Å². The number of aryl methyl sites for hydroxylation is 1. The van der Waals surface area contributed by atoms with Crippen LogP contribution in [0.2, 0.25) is 0 Å². The summed E-state index contributed by atoms with van der Waals surface area (Å²) < 4.78 is 26.4. The van der Waals surface area contributed by atoms with E-state index >= 15 is 0 Å². The van der Waals surface area contributed by atoms with Gasteiger partial charge in [0.05, 0.1) is 4.90 Å². The zero-order chi connectivity index (χ0) is 17.9. The predicted octanol–water partition coefficient (Wildman–Crippen LogP) is 3.84. The highest BCUT2D eigenvalue weighted by molar-refractivity contribution is 7.89. The molecule has 1 aromatic rings. The largest absolute Gasteiger partial charge is 0.268 e. The molecule has 1 aromatic carbocycles. The van der Waals surface area contributed by atoms with E-state index in [1.54, 1.807) is 18.2 Å². The van der Waals surface area contributed by atoms with Crippen molar-refractivity contribution in [3.05, 3.63) is 53.1 Å². The number of allylic oxidation sites excluding steroid dienone is 1. The van der Waals surface area contributed by atoms with Crippen LogP contribution in [0, 0.1) is 12.8 Å². The fourth-order valence-corrected chi connectivity index (χ4v) is 4.45. The smallest absolute Gasteiger partial charge is 0.266 e. The van der Waals surface area contributed by atoms with Crippen molar-refractivity contribution < 1.29 is 13.2 Å². The van der Waals surface area contributed by atoms with Crippen molar-refractivity contribution >= 4 is 39.1 Å². The molecule has 4 nitrogen and oxygen atoms in total. The van der Waals surface area contributed by atoms with Crippen molar-refractivity contribution in [1.82, 2.24) is 4.31 Å². The van der Waals surface area contributed by atoms with E-state index in [1.165, 1.54) is 12.1 Å². The average Bonchev–Trinajstić information content (AvgIpc) is 2.90. The first-order valence-corrected chi connectivity index (χ1v) is 9.89. The molecule has 0 aromatic heterocycles. The quantitative estimate of drug-likeness (QED) is 0.423. The number of carbonyl (C=O) groups excluding carboxylic acids is 1. The Labute approximate surface area is 152 Å². The van der Waals surface area contributed by atoms with Crippen LogP contribution in [0.25, 0.3) is 0 Å². The Morgan fingerprint density at radius 2 is 2.00 bits per heavy atom. The van der Waals surface area contributed by atoms with Gasteiger partial charge >= 0.3 is 0 Å². The summed E-state index contributed by atoms with van der Waals surface area (Å²) in [6.07, 6.45) is 2.61. The summed E-state index contributed by atoms with van der Waals surface area (Å²) in [6, 6.07) is 6.39. The maximum Gasteiger partial charge on any atom is 0.266 e. The monoisotopic (exact) mass is 387 g/mol. The summed E-state index contributed by atoms with van der Waals surface area (Å²) in [4.78, 5) is 12.8. The number of alkyl halides is 1. The Kier molecular flexibility index (Phi) is 6.12. The van der Waals surface area contributed by atoms with E-state index in [0.717, 1.165) is 9.87 Å². The van der Waals surface area contributed by atoms with Gasteiger partial charge in [-0.3, -0.25) is 4.79 Å². The summed E-state index contributed by atoms with van der Waals surface area (Å²) in [5.41, 5.74) is 1.24. The molecule has 1 saturated heterocycles. The number of hydrogen-bond acceptors (Lipinski definition) is 3. The minimum atomic E-state index is -3.92. The number of carbonyl (C=O) groups is 1. The minimum absolute atomic E-state index is 0.0188. The van der Waals surface area contributed by atoms with Crippen LogP contribution in [0.3, 0.4) is 0 Å². The van der Waals surface area contributed by atoms with Gasteiger partial charge < -0.3 is 0 Å². The van der Waals surface area contributed by atoms with Gasteiger partial charge in [-0.05, 0) is 31.9 Å². The highest BCUT2D eigenvalue weighted by Gasteiger charge is 2.42. The van der Waals surface area contributed by atoms with Gasteiger partial charge in [0.2, 0.25) is 0 Å².